The number of hydrogen-bond acceptors (Lipinski definition) is 4. The highest BCUT2D eigenvalue weighted by atomic mass is 32.2. The van der Waals surface area contributed by atoms with Gasteiger partial charge in [-0.1, -0.05) is 24.3 Å². The summed E-state index contributed by atoms with van der Waals surface area (Å²) < 4.78 is 28.4. The second-order valence-corrected chi connectivity index (χ2v) is 11.6. The number of rotatable bonds is 4. The second-order valence-electron chi connectivity index (χ2n) is 9.67. The van der Waals surface area contributed by atoms with Gasteiger partial charge in [-0.2, -0.15) is 4.31 Å². The Labute approximate surface area is 197 Å². The number of benzene rings is 2. The fourth-order valence-electron chi connectivity index (χ4n) is 5.62. The molecule has 0 bridgehead atoms. The Morgan fingerprint density at radius 1 is 0.939 bits per heavy atom. The van der Waals surface area contributed by atoms with Crippen molar-refractivity contribution in [3.8, 4) is 0 Å². The van der Waals surface area contributed by atoms with E-state index in [-0.39, 0.29) is 5.91 Å². The second kappa shape index (κ2) is 9.20. The molecule has 0 unspecified atom stereocenters. The molecule has 3 aliphatic heterocycles. The lowest BCUT2D eigenvalue weighted by Crippen LogP contribution is -2.42. The van der Waals surface area contributed by atoms with Gasteiger partial charge < -0.3 is 4.90 Å². The molecule has 2 aromatic carbocycles. The van der Waals surface area contributed by atoms with Gasteiger partial charge in [0.1, 0.15) is 0 Å². The number of aryl methyl sites for hydroxylation is 1. The van der Waals surface area contributed by atoms with E-state index in [1.54, 1.807) is 28.3 Å². The van der Waals surface area contributed by atoms with E-state index in [1.807, 2.05) is 6.07 Å². The van der Waals surface area contributed by atoms with Crippen LogP contribution < -0.4 is 4.90 Å². The van der Waals surface area contributed by atoms with Crippen LogP contribution in [0.5, 0.6) is 0 Å². The van der Waals surface area contributed by atoms with Crippen molar-refractivity contribution < 1.29 is 13.2 Å². The minimum absolute atomic E-state index is 0.00539. The zero-order chi connectivity index (χ0) is 23.0. The van der Waals surface area contributed by atoms with Crippen LogP contribution in [0.2, 0.25) is 0 Å². The van der Waals surface area contributed by atoms with Crippen LogP contribution in [0.3, 0.4) is 0 Å². The van der Waals surface area contributed by atoms with Gasteiger partial charge in [0.05, 0.1) is 4.90 Å². The molecule has 7 heteroatoms. The predicted molar refractivity (Wildman–Crippen MR) is 130 cm³/mol. The summed E-state index contributed by atoms with van der Waals surface area (Å²) in [5.41, 5.74) is 4.71. The van der Waals surface area contributed by atoms with E-state index < -0.39 is 10.0 Å². The van der Waals surface area contributed by atoms with Crippen LogP contribution in [0.25, 0.3) is 0 Å². The van der Waals surface area contributed by atoms with Crippen LogP contribution in [-0.2, 0) is 34.2 Å². The Morgan fingerprint density at radius 3 is 2.45 bits per heavy atom. The van der Waals surface area contributed by atoms with Gasteiger partial charge in [-0.25, -0.2) is 8.42 Å². The molecule has 6 nitrogen and oxygen atoms in total. The summed E-state index contributed by atoms with van der Waals surface area (Å²) in [6.45, 7) is 6.55. The van der Waals surface area contributed by atoms with Crippen LogP contribution in [0.15, 0.2) is 47.4 Å². The van der Waals surface area contributed by atoms with Gasteiger partial charge in [-0.3, -0.25) is 9.69 Å². The topological polar surface area (TPSA) is 60.9 Å². The van der Waals surface area contributed by atoms with Crippen molar-refractivity contribution >= 4 is 21.6 Å². The van der Waals surface area contributed by atoms with E-state index in [9.17, 15) is 13.2 Å². The van der Waals surface area contributed by atoms with E-state index >= 15 is 0 Å². The lowest BCUT2D eigenvalue weighted by molar-refractivity contribution is -0.116. The summed E-state index contributed by atoms with van der Waals surface area (Å²) in [5, 5.41) is 0. The molecule has 33 heavy (non-hydrogen) atoms. The lowest BCUT2D eigenvalue weighted by atomic mass is 9.94. The number of hydrogen-bond donors (Lipinski definition) is 0. The summed E-state index contributed by atoms with van der Waals surface area (Å²) in [5.74, 6) is 0.542. The molecule has 1 fully saturated rings. The van der Waals surface area contributed by atoms with Crippen molar-refractivity contribution in [3.05, 3.63) is 59.2 Å². The monoisotopic (exact) mass is 467 g/mol. The molecule has 1 saturated heterocycles. The van der Waals surface area contributed by atoms with Gasteiger partial charge in [0.25, 0.3) is 0 Å². The van der Waals surface area contributed by atoms with E-state index in [0.29, 0.717) is 30.4 Å². The van der Waals surface area contributed by atoms with Crippen LogP contribution in [0.1, 0.15) is 42.9 Å². The molecule has 176 valence electrons. The van der Waals surface area contributed by atoms with Crippen molar-refractivity contribution in [1.82, 2.24) is 9.21 Å². The van der Waals surface area contributed by atoms with E-state index in [1.165, 1.54) is 11.1 Å². The van der Waals surface area contributed by atoms with Crippen LogP contribution in [0.4, 0.5) is 5.69 Å². The number of amides is 1. The zero-order valence-electron chi connectivity index (χ0n) is 19.4. The van der Waals surface area contributed by atoms with Crippen LogP contribution >= 0.6 is 0 Å². The minimum atomic E-state index is -3.51. The minimum Gasteiger partial charge on any atom is -0.312 e. The van der Waals surface area contributed by atoms with Gasteiger partial charge in [0.15, 0.2) is 0 Å². The molecular weight excluding hydrogens is 434 g/mol. The Bertz CT molecular complexity index is 1140. The largest absolute Gasteiger partial charge is 0.312 e. The number of piperidine rings is 1. The molecule has 3 aliphatic rings. The third-order valence-corrected chi connectivity index (χ3v) is 9.38. The van der Waals surface area contributed by atoms with Crippen molar-refractivity contribution in [2.45, 2.75) is 50.5 Å². The summed E-state index contributed by atoms with van der Waals surface area (Å²) in [6, 6.07) is 14.0. The Kier molecular flexibility index (Phi) is 6.29. The first-order chi connectivity index (χ1) is 15.9. The fraction of sp³-hybridized carbons (Fsp3) is 0.500. The number of fused-ring (bicyclic) bond motifs is 2. The van der Waals surface area contributed by atoms with Crippen LogP contribution in [-0.4, -0.2) is 56.3 Å². The molecular formula is C26H33N3O3S. The van der Waals surface area contributed by atoms with Gasteiger partial charge in [-0.15, -0.1) is 0 Å². The Balaban J connectivity index is 1.21. The molecule has 5 rings (SSSR count). The molecule has 0 atom stereocenters. The summed E-state index contributed by atoms with van der Waals surface area (Å²) in [4.78, 5) is 16.6. The maximum absolute atomic E-state index is 13.4. The molecule has 3 heterocycles. The van der Waals surface area contributed by atoms with Gasteiger partial charge in [-0.05, 0) is 72.9 Å². The fourth-order valence-corrected chi connectivity index (χ4v) is 7.14. The van der Waals surface area contributed by atoms with Gasteiger partial charge in [0.2, 0.25) is 15.9 Å². The van der Waals surface area contributed by atoms with Crippen molar-refractivity contribution in [2.24, 2.45) is 5.92 Å². The normalized spacial score (nSPS) is 20.3. The number of carbonyl (C=O) groups is 1. The first kappa shape index (κ1) is 22.6. The highest BCUT2D eigenvalue weighted by molar-refractivity contribution is 7.89. The van der Waals surface area contributed by atoms with Crippen LogP contribution in [0, 0.1) is 5.92 Å². The van der Waals surface area contributed by atoms with E-state index in [4.69, 9.17) is 0 Å². The summed E-state index contributed by atoms with van der Waals surface area (Å²) >= 11 is 0. The van der Waals surface area contributed by atoms with Crippen molar-refractivity contribution in [1.29, 1.82) is 0 Å². The highest BCUT2D eigenvalue weighted by Gasteiger charge is 2.32. The molecule has 0 saturated carbocycles. The quantitative estimate of drug-likeness (QED) is 0.691. The predicted octanol–water partition coefficient (Wildman–Crippen LogP) is 3.44. The number of sulfonamides is 1. The standard InChI is InChI=1S/C26H33N3O3S/c1-20(30)29-13-4-7-23-17-25(8-9-26(23)29)33(31,32)28-15-10-21(11-16-28)18-27-14-12-22-5-2-3-6-24(22)19-27/h2-3,5-6,8-9,17,21H,4,7,10-16,18-19H2,1H3. The van der Waals surface area contributed by atoms with E-state index in [0.717, 1.165) is 63.0 Å². The third kappa shape index (κ3) is 4.59. The average molecular weight is 468 g/mol. The number of carbonyl (C=O) groups excluding carboxylic acids is 1. The zero-order valence-corrected chi connectivity index (χ0v) is 20.2. The summed E-state index contributed by atoms with van der Waals surface area (Å²) in [6.07, 6.45) is 4.58. The Morgan fingerprint density at radius 2 is 1.70 bits per heavy atom. The maximum atomic E-state index is 13.4. The number of nitrogens with zero attached hydrogens (tertiary/aromatic N) is 3. The smallest absolute Gasteiger partial charge is 0.243 e. The molecule has 0 aromatic heterocycles. The van der Waals surface area contributed by atoms with Crippen molar-refractivity contribution in [3.63, 3.8) is 0 Å². The molecule has 0 spiro atoms. The third-order valence-electron chi connectivity index (χ3n) is 7.49. The molecule has 0 N–H and O–H groups in total. The molecule has 1 amide bonds. The van der Waals surface area contributed by atoms with Crippen molar-refractivity contribution in [2.75, 3.05) is 37.6 Å². The average Bonchev–Trinajstić information content (AvgIpc) is 2.83. The first-order valence-corrected chi connectivity index (χ1v) is 13.6. The molecule has 0 radical (unpaired) electrons. The van der Waals surface area contributed by atoms with Gasteiger partial charge >= 0.3 is 0 Å². The van der Waals surface area contributed by atoms with Gasteiger partial charge in [0, 0.05) is 51.9 Å². The van der Waals surface area contributed by atoms with E-state index in [2.05, 4.69) is 29.2 Å². The molecule has 0 aliphatic carbocycles. The Hall–Kier alpha value is -2.22. The summed E-state index contributed by atoms with van der Waals surface area (Å²) in [7, 11) is -3.51. The number of anilines is 1. The highest BCUT2D eigenvalue weighted by Crippen LogP contribution is 2.32. The maximum Gasteiger partial charge on any atom is 0.243 e. The first-order valence-electron chi connectivity index (χ1n) is 12.1. The molecule has 2 aromatic rings. The lowest BCUT2D eigenvalue weighted by Gasteiger charge is -2.36. The SMILES string of the molecule is CC(=O)N1CCCc2cc(S(=O)(=O)N3CCC(CN4CCc5ccccc5C4)CC3)ccc21.